The number of likely N-dealkylation sites (N-methyl/N-ethyl adjacent to an activating group) is 1. The fourth-order valence-electron chi connectivity index (χ4n) is 3.30. The van der Waals surface area contributed by atoms with Gasteiger partial charge in [-0.3, -0.25) is 4.79 Å². The van der Waals surface area contributed by atoms with E-state index in [4.69, 9.17) is 25.8 Å². The van der Waals surface area contributed by atoms with Gasteiger partial charge >= 0.3 is 0 Å². The van der Waals surface area contributed by atoms with Crippen LogP contribution < -0.4 is 14.8 Å². The van der Waals surface area contributed by atoms with Gasteiger partial charge in [-0.1, -0.05) is 24.9 Å². The Bertz CT molecular complexity index is 646. The first-order valence-electron chi connectivity index (χ1n) is 10.1. The van der Waals surface area contributed by atoms with Gasteiger partial charge in [0.05, 0.1) is 18.2 Å². The molecule has 1 N–H and O–H groups in total. The van der Waals surface area contributed by atoms with Crippen molar-refractivity contribution in [1.82, 2.24) is 10.2 Å². The second-order valence-corrected chi connectivity index (χ2v) is 7.74. The van der Waals surface area contributed by atoms with Crippen molar-refractivity contribution in [3.05, 3.63) is 22.7 Å². The van der Waals surface area contributed by atoms with E-state index in [1.807, 2.05) is 21.0 Å². The summed E-state index contributed by atoms with van der Waals surface area (Å²) in [5, 5.41) is 3.46. The second kappa shape index (κ2) is 10.9. The highest BCUT2D eigenvalue weighted by Crippen LogP contribution is 2.37. The lowest BCUT2D eigenvalue weighted by Crippen LogP contribution is -2.55. The van der Waals surface area contributed by atoms with Crippen molar-refractivity contribution in [2.75, 3.05) is 47.1 Å². The molecule has 0 bridgehead atoms. The van der Waals surface area contributed by atoms with Gasteiger partial charge in [0.15, 0.2) is 11.5 Å². The SMILES string of the molecule is CCCCOc1c(Cl)cc(C(=O)NCC2(N(C)C)CCOCC2)cc1OCC. The van der Waals surface area contributed by atoms with Crippen LogP contribution in [0.3, 0.4) is 0 Å². The Kier molecular flexibility index (Phi) is 8.86. The normalized spacial score (nSPS) is 16.1. The van der Waals surface area contributed by atoms with Crippen molar-refractivity contribution in [1.29, 1.82) is 0 Å². The first-order valence-corrected chi connectivity index (χ1v) is 10.4. The number of hydrogen-bond donors (Lipinski definition) is 1. The molecule has 0 radical (unpaired) electrons. The number of carbonyl (C=O) groups is 1. The third-order valence-corrected chi connectivity index (χ3v) is 5.55. The summed E-state index contributed by atoms with van der Waals surface area (Å²) in [6.07, 6.45) is 3.73. The van der Waals surface area contributed by atoms with Crippen molar-refractivity contribution in [2.24, 2.45) is 0 Å². The zero-order valence-electron chi connectivity index (χ0n) is 17.5. The summed E-state index contributed by atoms with van der Waals surface area (Å²) in [6.45, 7) is 6.99. The zero-order valence-corrected chi connectivity index (χ0v) is 18.2. The first kappa shape index (κ1) is 22.8. The molecule has 1 fully saturated rings. The van der Waals surface area contributed by atoms with Gasteiger partial charge in [0.1, 0.15) is 0 Å². The summed E-state index contributed by atoms with van der Waals surface area (Å²) in [7, 11) is 4.09. The number of nitrogens with one attached hydrogen (secondary N) is 1. The maximum absolute atomic E-state index is 12.8. The van der Waals surface area contributed by atoms with Gasteiger partial charge < -0.3 is 24.4 Å². The van der Waals surface area contributed by atoms with E-state index in [-0.39, 0.29) is 11.4 Å². The fraction of sp³-hybridized carbons (Fsp3) is 0.667. The lowest BCUT2D eigenvalue weighted by Gasteiger charge is -2.42. The fourth-order valence-corrected chi connectivity index (χ4v) is 3.57. The predicted octanol–water partition coefficient (Wildman–Crippen LogP) is 3.76. The van der Waals surface area contributed by atoms with Crippen LogP contribution in [-0.4, -0.2) is 63.4 Å². The van der Waals surface area contributed by atoms with Crippen LogP contribution in [0, 0.1) is 0 Å². The molecule has 0 unspecified atom stereocenters. The predicted molar refractivity (Wildman–Crippen MR) is 112 cm³/mol. The highest BCUT2D eigenvalue weighted by molar-refractivity contribution is 6.32. The number of rotatable bonds is 10. The average Bonchev–Trinajstić information content (AvgIpc) is 2.68. The van der Waals surface area contributed by atoms with E-state index >= 15 is 0 Å². The molecule has 1 amide bonds. The van der Waals surface area contributed by atoms with E-state index in [0.717, 1.165) is 25.7 Å². The number of ether oxygens (including phenoxy) is 3. The monoisotopic (exact) mass is 412 g/mol. The third-order valence-electron chi connectivity index (χ3n) is 5.27. The standard InChI is InChI=1S/C21H33ClN2O4/c1-5-7-10-28-19-17(22)13-16(14-18(19)27-6-2)20(25)23-15-21(24(3)4)8-11-26-12-9-21/h13-14H,5-12,15H2,1-4H3,(H,23,25). The van der Waals surface area contributed by atoms with Gasteiger partial charge in [-0.05, 0) is 52.4 Å². The summed E-state index contributed by atoms with van der Waals surface area (Å²) in [4.78, 5) is 15.0. The van der Waals surface area contributed by atoms with E-state index in [1.165, 1.54) is 0 Å². The van der Waals surface area contributed by atoms with Crippen molar-refractivity contribution in [3.63, 3.8) is 0 Å². The molecule has 158 valence electrons. The molecule has 2 rings (SSSR count). The molecule has 1 aromatic rings. The molecule has 0 aliphatic carbocycles. The number of unbranched alkanes of at least 4 members (excludes halogenated alkanes) is 1. The number of benzene rings is 1. The quantitative estimate of drug-likeness (QED) is 0.593. The Morgan fingerprint density at radius 2 is 1.96 bits per heavy atom. The van der Waals surface area contributed by atoms with E-state index in [9.17, 15) is 4.79 Å². The third kappa shape index (κ3) is 5.75. The maximum atomic E-state index is 12.8. The summed E-state index contributed by atoms with van der Waals surface area (Å²) in [6, 6.07) is 3.35. The Morgan fingerprint density at radius 3 is 2.57 bits per heavy atom. The van der Waals surface area contributed by atoms with Crippen LogP contribution in [0.25, 0.3) is 0 Å². The Balaban J connectivity index is 2.13. The Hall–Kier alpha value is -1.50. The molecule has 1 aliphatic rings. The molecule has 0 aromatic heterocycles. The van der Waals surface area contributed by atoms with Gasteiger partial charge in [0, 0.05) is 30.9 Å². The minimum atomic E-state index is -0.171. The van der Waals surface area contributed by atoms with Crippen LogP contribution >= 0.6 is 11.6 Å². The highest BCUT2D eigenvalue weighted by Gasteiger charge is 2.35. The van der Waals surface area contributed by atoms with Crippen molar-refractivity contribution in [3.8, 4) is 11.5 Å². The van der Waals surface area contributed by atoms with Crippen molar-refractivity contribution >= 4 is 17.5 Å². The van der Waals surface area contributed by atoms with E-state index in [1.54, 1.807) is 12.1 Å². The van der Waals surface area contributed by atoms with Crippen LogP contribution in [0.2, 0.25) is 5.02 Å². The highest BCUT2D eigenvalue weighted by atomic mass is 35.5. The number of nitrogens with zero attached hydrogens (tertiary/aromatic N) is 1. The van der Waals surface area contributed by atoms with Crippen LogP contribution in [0.1, 0.15) is 49.9 Å². The summed E-state index contributed by atoms with van der Waals surface area (Å²) < 4.78 is 17.0. The Morgan fingerprint density at radius 1 is 1.25 bits per heavy atom. The van der Waals surface area contributed by atoms with E-state index in [2.05, 4.69) is 17.1 Å². The van der Waals surface area contributed by atoms with Crippen molar-refractivity contribution in [2.45, 2.75) is 45.1 Å². The van der Waals surface area contributed by atoms with Gasteiger partial charge in [-0.25, -0.2) is 0 Å². The lowest BCUT2D eigenvalue weighted by atomic mass is 9.88. The second-order valence-electron chi connectivity index (χ2n) is 7.33. The van der Waals surface area contributed by atoms with E-state index < -0.39 is 0 Å². The molecule has 0 atom stereocenters. The number of amides is 1. The summed E-state index contributed by atoms with van der Waals surface area (Å²) in [5.74, 6) is 0.836. The zero-order chi connectivity index (χ0) is 20.6. The first-order chi connectivity index (χ1) is 13.4. The summed E-state index contributed by atoms with van der Waals surface area (Å²) in [5.41, 5.74) is 0.376. The number of halogens is 1. The average molecular weight is 413 g/mol. The molecule has 1 saturated heterocycles. The molecular formula is C21H33ClN2O4. The van der Waals surface area contributed by atoms with Gasteiger partial charge in [-0.2, -0.15) is 0 Å². The smallest absolute Gasteiger partial charge is 0.251 e. The minimum Gasteiger partial charge on any atom is -0.490 e. The largest absolute Gasteiger partial charge is 0.490 e. The molecule has 28 heavy (non-hydrogen) atoms. The van der Waals surface area contributed by atoms with Crippen LogP contribution in [-0.2, 0) is 4.74 Å². The van der Waals surface area contributed by atoms with Gasteiger partial charge in [0.2, 0.25) is 0 Å². The molecule has 0 saturated carbocycles. The molecular weight excluding hydrogens is 380 g/mol. The number of carbonyl (C=O) groups excluding carboxylic acids is 1. The molecule has 1 aliphatic heterocycles. The van der Waals surface area contributed by atoms with E-state index in [0.29, 0.717) is 55.1 Å². The lowest BCUT2D eigenvalue weighted by molar-refractivity contribution is -0.00658. The molecule has 1 aromatic carbocycles. The van der Waals surface area contributed by atoms with Crippen LogP contribution in [0.4, 0.5) is 0 Å². The molecule has 6 nitrogen and oxygen atoms in total. The molecule has 0 spiro atoms. The topological polar surface area (TPSA) is 60.0 Å². The molecule has 1 heterocycles. The minimum absolute atomic E-state index is 0.0936. The van der Waals surface area contributed by atoms with Crippen molar-refractivity contribution < 1.29 is 19.0 Å². The Labute approximate surface area is 173 Å². The van der Waals surface area contributed by atoms with Crippen LogP contribution in [0.5, 0.6) is 11.5 Å². The maximum Gasteiger partial charge on any atom is 0.251 e. The van der Waals surface area contributed by atoms with Crippen LogP contribution in [0.15, 0.2) is 12.1 Å². The molecule has 7 heteroatoms. The van der Waals surface area contributed by atoms with Gasteiger partial charge in [-0.15, -0.1) is 0 Å². The van der Waals surface area contributed by atoms with Gasteiger partial charge in [0.25, 0.3) is 5.91 Å². The summed E-state index contributed by atoms with van der Waals surface area (Å²) >= 11 is 6.41. The number of hydrogen-bond acceptors (Lipinski definition) is 5.